The number of nitrogens with two attached hydrogens (primary N) is 1. The van der Waals surface area contributed by atoms with E-state index in [-0.39, 0.29) is 109 Å². The summed E-state index contributed by atoms with van der Waals surface area (Å²) in [4.78, 5) is 89.6. The summed E-state index contributed by atoms with van der Waals surface area (Å²) < 4.78 is 34.2. The second kappa shape index (κ2) is 56.2. The van der Waals surface area contributed by atoms with Crippen molar-refractivity contribution in [2.24, 2.45) is 5.73 Å². The van der Waals surface area contributed by atoms with Crippen molar-refractivity contribution in [2.75, 3.05) is 79.5 Å². The van der Waals surface area contributed by atoms with E-state index < -0.39 is 41.5 Å². The third kappa shape index (κ3) is 58.4. The van der Waals surface area contributed by atoms with Crippen LogP contribution in [0.4, 0.5) is 4.39 Å². The van der Waals surface area contributed by atoms with Gasteiger partial charge in [0.05, 0.1) is 45.2 Å². The first-order valence-electron chi connectivity index (χ1n) is 26.4. The van der Waals surface area contributed by atoms with Crippen LogP contribution in [-0.2, 0) is 57.3 Å². The van der Waals surface area contributed by atoms with E-state index in [9.17, 15) is 42.7 Å². The Morgan fingerprint density at radius 1 is 0.569 bits per heavy atom. The lowest BCUT2D eigenvalue weighted by Crippen LogP contribution is -2.53. The maximum Gasteiger partial charge on any atom is 0.323 e. The molecule has 72 heavy (non-hydrogen) atoms. The Balaban J connectivity index is -0.000000737. The quantitative estimate of drug-likeness (QED) is 0.0206. The minimum absolute atomic E-state index is 0.0758. The Bertz CT molecular complexity index is 1360. The van der Waals surface area contributed by atoms with E-state index in [4.69, 9.17) is 34.9 Å². The monoisotopic (exact) mass is 1040 g/mol. The molecule has 0 aromatic carbocycles. The van der Waals surface area contributed by atoms with Gasteiger partial charge in [0.25, 0.3) is 0 Å². The summed E-state index contributed by atoms with van der Waals surface area (Å²) in [7, 11) is 1.52. The third-order valence-corrected chi connectivity index (χ3v) is 10.0. The van der Waals surface area contributed by atoms with Gasteiger partial charge in [-0.05, 0) is 59.4 Å². The molecule has 0 aliphatic carbocycles. The number of carbonyl (C=O) groups is 8. The van der Waals surface area contributed by atoms with Crippen LogP contribution in [0.1, 0.15) is 183 Å². The van der Waals surface area contributed by atoms with Crippen molar-refractivity contribution in [3.05, 3.63) is 0 Å². The molecule has 0 saturated heterocycles. The first-order chi connectivity index (χ1) is 34.5. The van der Waals surface area contributed by atoms with Crippen LogP contribution in [0.5, 0.6) is 0 Å². The summed E-state index contributed by atoms with van der Waals surface area (Å²) in [5.74, 6) is -3.27. The number of carboxylic acids is 2. The van der Waals surface area contributed by atoms with Gasteiger partial charge in [0.2, 0.25) is 23.6 Å². The van der Waals surface area contributed by atoms with Gasteiger partial charge in [-0.1, -0.05) is 111 Å². The van der Waals surface area contributed by atoms with E-state index in [1.54, 1.807) is 0 Å². The number of hydrogen-bond acceptors (Lipinski definition) is 14. The highest BCUT2D eigenvalue weighted by atomic mass is 19.1. The van der Waals surface area contributed by atoms with Crippen molar-refractivity contribution in [3.63, 3.8) is 0 Å². The van der Waals surface area contributed by atoms with Gasteiger partial charge in [-0.15, -0.1) is 0 Å². The van der Waals surface area contributed by atoms with Crippen LogP contribution in [0.3, 0.4) is 0 Å². The van der Waals surface area contributed by atoms with Crippen LogP contribution in [0, 0.1) is 0 Å². The third-order valence-electron chi connectivity index (χ3n) is 10.0. The number of amides is 4. The maximum absolute atomic E-state index is 13.2. The lowest BCUT2D eigenvalue weighted by Gasteiger charge is -2.21. The number of carboxylic acid groups (broad SMARTS) is 2. The van der Waals surface area contributed by atoms with Crippen molar-refractivity contribution >= 4 is 47.9 Å². The number of aldehydes is 1. The predicted octanol–water partition coefficient (Wildman–Crippen LogP) is 5.70. The number of halogens is 1. The molecule has 424 valence electrons. The average Bonchev–Trinajstić information content (AvgIpc) is 3.33. The molecule has 0 radical (unpaired) electrons. The lowest BCUT2D eigenvalue weighted by atomic mass is 10.0. The summed E-state index contributed by atoms with van der Waals surface area (Å²) in [6.45, 7) is 12.8. The second-order valence-electron chi connectivity index (χ2n) is 17.4. The molecule has 20 nitrogen and oxygen atoms in total. The zero-order valence-corrected chi connectivity index (χ0v) is 45.3. The highest BCUT2D eigenvalue weighted by Crippen LogP contribution is 2.14. The number of hydrogen-bond donors (Lipinski definition) is 8. The van der Waals surface area contributed by atoms with E-state index in [1.807, 2.05) is 13.8 Å². The molecule has 4 amide bonds. The van der Waals surface area contributed by atoms with E-state index >= 15 is 0 Å². The molecule has 0 saturated carbocycles. The molecule has 0 bridgehead atoms. The van der Waals surface area contributed by atoms with Crippen LogP contribution in [-0.4, -0.2) is 155 Å². The topological polar surface area (TPSA) is 300 Å². The van der Waals surface area contributed by atoms with Crippen LogP contribution in [0.25, 0.3) is 0 Å². The molecule has 9 N–H and O–H groups in total. The Morgan fingerprint density at radius 2 is 0.986 bits per heavy atom. The van der Waals surface area contributed by atoms with Crippen molar-refractivity contribution in [1.29, 1.82) is 0 Å². The predicted molar refractivity (Wildman–Crippen MR) is 277 cm³/mol. The summed E-state index contributed by atoms with van der Waals surface area (Å²) in [5.41, 5.74) is 4.39. The standard InChI is InChI=1S/C28H51FN6O11.C18H34O3.C3H8.C2H6/c1-28(2,30)27(42)35-20(25(29)39)6-4-5-9-32-23(37)18-45-16-15-44-13-11-34-24(38)19-46-17-14-43-12-10-33-22(36)8-7-21(31-3)26(40)41;19-17-15-13-11-9-7-5-3-1-2-4-6-8-10-12-14-16-18(20)21;1-3-2;1-2/h20-21,31H,4-19,30H2,1-3H3,(H,32,37)(H,33,36)(H,34,38)(H,35,42)(H,40,41);17H,1-16H2,(H,20,21);3H2,1-2H3;1-2H3. The fourth-order valence-corrected chi connectivity index (χ4v) is 6.07. The van der Waals surface area contributed by atoms with E-state index in [2.05, 4.69) is 40.4 Å². The first kappa shape index (κ1) is 74.4. The molecule has 0 spiro atoms. The molecular formula is C51H99FN6O14. The second-order valence-corrected chi connectivity index (χ2v) is 17.4. The molecule has 2 atom stereocenters. The highest BCUT2D eigenvalue weighted by Gasteiger charge is 2.27. The number of ether oxygens (including phenoxy) is 4. The molecule has 0 aromatic rings. The number of nitrogens with one attached hydrogen (secondary N) is 5. The molecule has 0 fully saturated rings. The Kier molecular flexibility index (Phi) is 58.0. The Hall–Kier alpha value is -4.15. The van der Waals surface area contributed by atoms with Crippen molar-refractivity contribution in [1.82, 2.24) is 26.6 Å². The van der Waals surface area contributed by atoms with E-state index in [0.717, 1.165) is 32.0 Å². The van der Waals surface area contributed by atoms with Gasteiger partial charge < -0.3 is 66.3 Å². The highest BCUT2D eigenvalue weighted by molar-refractivity contribution is 5.89. The summed E-state index contributed by atoms with van der Waals surface area (Å²) >= 11 is 0. The SMILES string of the molecule is CC.CCC.CNC(CCC(=O)NCCOCCOCC(=O)NCCOCCOCC(=O)NCCCCC(NC(=O)C(C)(C)N)C(=O)F)C(=O)O.O=CCCCCCCCCCCCCCCCCC(=O)O. The summed E-state index contributed by atoms with van der Waals surface area (Å²) in [6.07, 6.45) is 21.8. The van der Waals surface area contributed by atoms with Crippen LogP contribution in [0.2, 0.25) is 0 Å². The minimum Gasteiger partial charge on any atom is -0.481 e. The van der Waals surface area contributed by atoms with Crippen molar-refractivity contribution < 1.29 is 71.9 Å². The first-order valence-corrected chi connectivity index (χ1v) is 26.4. The molecule has 0 rings (SSSR count). The van der Waals surface area contributed by atoms with Gasteiger partial charge in [-0.2, -0.15) is 4.39 Å². The Morgan fingerprint density at radius 3 is 1.39 bits per heavy atom. The van der Waals surface area contributed by atoms with Crippen molar-refractivity contribution in [3.8, 4) is 0 Å². The molecule has 0 aliphatic heterocycles. The van der Waals surface area contributed by atoms with Gasteiger partial charge in [0.1, 0.15) is 31.6 Å². The average molecular weight is 1040 g/mol. The number of aliphatic carboxylic acids is 2. The van der Waals surface area contributed by atoms with Gasteiger partial charge >= 0.3 is 18.0 Å². The fourth-order valence-electron chi connectivity index (χ4n) is 6.07. The van der Waals surface area contributed by atoms with E-state index in [0.29, 0.717) is 19.3 Å². The van der Waals surface area contributed by atoms with Gasteiger partial charge in [0, 0.05) is 38.9 Å². The van der Waals surface area contributed by atoms with Gasteiger partial charge in [0.15, 0.2) is 0 Å². The molecule has 2 unspecified atom stereocenters. The van der Waals surface area contributed by atoms with Crippen LogP contribution >= 0.6 is 0 Å². The smallest absolute Gasteiger partial charge is 0.323 e. The zero-order chi connectivity index (χ0) is 55.1. The fraction of sp³-hybridized carbons (Fsp3) is 0.843. The molecule has 0 heterocycles. The number of likely N-dealkylation sites (N-methyl/N-ethyl adjacent to an activating group) is 1. The van der Waals surface area contributed by atoms with Crippen LogP contribution < -0.4 is 32.3 Å². The van der Waals surface area contributed by atoms with Crippen LogP contribution in [0.15, 0.2) is 0 Å². The maximum atomic E-state index is 13.2. The largest absolute Gasteiger partial charge is 0.481 e. The summed E-state index contributed by atoms with van der Waals surface area (Å²) in [5, 5.41) is 30.2. The molecule has 0 aliphatic rings. The van der Waals surface area contributed by atoms with Gasteiger partial charge in [-0.3, -0.25) is 33.6 Å². The van der Waals surface area contributed by atoms with E-state index in [1.165, 1.54) is 97.9 Å². The Labute approximate surface area is 431 Å². The summed E-state index contributed by atoms with van der Waals surface area (Å²) in [6, 6.07) is -3.70. The minimum atomic E-state index is -1.65. The molecule has 0 aromatic heterocycles. The zero-order valence-electron chi connectivity index (χ0n) is 45.3. The number of carbonyl (C=O) groups excluding carboxylic acids is 6. The molecular weight excluding hydrogens is 940 g/mol. The molecule has 21 heteroatoms. The lowest BCUT2D eigenvalue weighted by molar-refractivity contribution is -0.140. The number of unbranched alkanes of at least 4 members (excludes halogenated alkanes) is 15. The normalized spacial score (nSPS) is 11.5. The van der Waals surface area contributed by atoms with Crippen molar-refractivity contribution in [2.45, 2.75) is 200 Å². The number of rotatable bonds is 46. The van der Waals surface area contributed by atoms with Gasteiger partial charge in [-0.25, -0.2) is 0 Å².